The van der Waals surface area contributed by atoms with Crippen LogP contribution in [0.15, 0.2) is 24.3 Å². The zero-order valence-electron chi connectivity index (χ0n) is 10.2. The average molecular weight is 226 g/mol. The molecule has 0 spiro atoms. The quantitative estimate of drug-likeness (QED) is 0.774. The van der Waals surface area contributed by atoms with Crippen LogP contribution in [0.25, 0.3) is 0 Å². The molecule has 1 aromatic carbocycles. The van der Waals surface area contributed by atoms with E-state index in [4.69, 9.17) is 0 Å². The number of hydrogen-bond acceptors (Lipinski definition) is 2. The van der Waals surface area contributed by atoms with Gasteiger partial charge in [0.25, 0.3) is 0 Å². The first-order chi connectivity index (χ1) is 8.33. The molecule has 0 bridgehead atoms. The zero-order chi connectivity index (χ0) is 11.7. The highest BCUT2D eigenvalue weighted by Crippen LogP contribution is 2.42. The number of benzene rings is 1. The Morgan fingerprint density at radius 3 is 2.76 bits per heavy atom. The third kappa shape index (κ3) is 1.80. The van der Waals surface area contributed by atoms with Crippen molar-refractivity contribution in [3.05, 3.63) is 29.8 Å². The summed E-state index contributed by atoms with van der Waals surface area (Å²) < 4.78 is 0. The Bertz CT molecular complexity index is 454. The van der Waals surface area contributed by atoms with E-state index in [-0.39, 0.29) is 5.41 Å². The van der Waals surface area contributed by atoms with Gasteiger partial charge in [-0.15, -0.1) is 0 Å². The Balaban J connectivity index is 1.84. The lowest BCUT2D eigenvalue weighted by Gasteiger charge is -2.42. The second-order valence-corrected chi connectivity index (χ2v) is 5.40. The smallest absolute Gasteiger partial charge is 0.0748 e. The minimum Gasteiger partial charge on any atom is -0.370 e. The number of nitrogens with zero attached hydrogens (tertiary/aromatic N) is 2. The van der Waals surface area contributed by atoms with Gasteiger partial charge in [0.1, 0.15) is 0 Å². The highest BCUT2D eigenvalue weighted by Gasteiger charge is 2.39. The van der Waals surface area contributed by atoms with Gasteiger partial charge in [-0.3, -0.25) is 0 Å². The normalized spacial score (nSPS) is 21.2. The maximum Gasteiger partial charge on any atom is 0.0748 e. The fourth-order valence-electron chi connectivity index (χ4n) is 3.05. The number of anilines is 1. The molecule has 88 valence electrons. The van der Waals surface area contributed by atoms with Gasteiger partial charge in [-0.25, -0.2) is 0 Å². The van der Waals surface area contributed by atoms with Crippen molar-refractivity contribution >= 4 is 5.69 Å². The molecule has 1 aromatic rings. The molecular formula is C15H18N2. The second-order valence-electron chi connectivity index (χ2n) is 5.40. The Morgan fingerprint density at radius 1 is 1.24 bits per heavy atom. The molecule has 0 unspecified atom stereocenters. The molecule has 1 aliphatic carbocycles. The van der Waals surface area contributed by atoms with Crippen molar-refractivity contribution < 1.29 is 0 Å². The van der Waals surface area contributed by atoms with Gasteiger partial charge < -0.3 is 4.90 Å². The fraction of sp³-hybridized carbons (Fsp3) is 0.533. The Labute approximate surface area is 103 Å². The van der Waals surface area contributed by atoms with E-state index in [9.17, 15) is 5.26 Å². The lowest BCUT2D eigenvalue weighted by atomic mass is 9.69. The van der Waals surface area contributed by atoms with E-state index in [0.29, 0.717) is 0 Å². The first kappa shape index (κ1) is 10.7. The fourth-order valence-corrected chi connectivity index (χ4v) is 3.05. The molecule has 0 saturated heterocycles. The van der Waals surface area contributed by atoms with Crippen LogP contribution in [0.1, 0.15) is 31.2 Å². The van der Waals surface area contributed by atoms with E-state index in [0.717, 1.165) is 25.9 Å². The number of fused-ring (bicyclic) bond motifs is 1. The molecule has 2 heteroatoms. The van der Waals surface area contributed by atoms with Crippen molar-refractivity contribution in [1.82, 2.24) is 0 Å². The molecule has 2 aliphatic rings. The maximum absolute atomic E-state index is 9.34. The molecule has 0 amide bonds. The molecule has 1 fully saturated rings. The van der Waals surface area contributed by atoms with Gasteiger partial charge >= 0.3 is 0 Å². The van der Waals surface area contributed by atoms with Crippen molar-refractivity contribution in [2.75, 3.05) is 18.0 Å². The van der Waals surface area contributed by atoms with Crippen LogP contribution in [-0.4, -0.2) is 13.1 Å². The van der Waals surface area contributed by atoms with Crippen LogP contribution >= 0.6 is 0 Å². The molecule has 1 aliphatic heterocycles. The number of hydrogen-bond donors (Lipinski definition) is 0. The molecule has 0 radical (unpaired) electrons. The monoisotopic (exact) mass is 226 g/mol. The van der Waals surface area contributed by atoms with Gasteiger partial charge in [0, 0.05) is 18.8 Å². The number of para-hydroxylation sites is 1. The summed E-state index contributed by atoms with van der Waals surface area (Å²) in [7, 11) is 0. The predicted octanol–water partition coefficient (Wildman–Crippen LogP) is 3.13. The van der Waals surface area contributed by atoms with Gasteiger partial charge in [-0.05, 0) is 37.3 Å². The summed E-state index contributed by atoms with van der Waals surface area (Å²) >= 11 is 0. The van der Waals surface area contributed by atoms with Gasteiger partial charge in [-0.2, -0.15) is 5.26 Å². The van der Waals surface area contributed by atoms with Crippen LogP contribution in [0.2, 0.25) is 0 Å². The van der Waals surface area contributed by atoms with Crippen LogP contribution in [-0.2, 0) is 6.42 Å². The van der Waals surface area contributed by atoms with E-state index >= 15 is 0 Å². The number of nitriles is 1. The van der Waals surface area contributed by atoms with E-state index in [2.05, 4.69) is 35.2 Å². The third-order valence-electron chi connectivity index (χ3n) is 4.25. The minimum absolute atomic E-state index is 0.0511. The highest BCUT2D eigenvalue weighted by molar-refractivity contribution is 5.55. The molecular weight excluding hydrogens is 208 g/mol. The molecule has 17 heavy (non-hydrogen) atoms. The summed E-state index contributed by atoms with van der Waals surface area (Å²) in [6.07, 6.45) is 5.80. The molecule has 0 atom stereocenters. The van der Waals surface area contributed by atoms with E-state index in [1.165, 1.54) is 30.5 Å². The Kier molecular flexibility index (Phi) is 2.55. The lowest BCUT2D eigenvalue weighted by Crippen LogP contribution is -2.43. The van der Waals surface area contributed by atoms with Crippen LogP contribution in [0.3, 0.4) is 0 Å². The summed E-state index contributed by atoms with van der Waals surface area (Å²) in [6.45, 7) is 2.04. The zero-order valence-corrected chi connectivity index (χ0v) is 10.2. The average Bonchev–Trinajstić information content (AvgIpc) is 2.34. The Morgan fingerprint density at radius 2 is 2.06 bits per heavy atom. The van der Waals surface area contributed by atoms with E-state index in [1.54, 1.807) is 0 Å². The first-order valence-corrected chi connectivity index (χ1v) is 6.57. The predicted molar refractivity (Wildman–Crippen MR) is 68.9 cm³/mol. The highest BCUT2D eigenvalue weighted by atomic mass is 15.1. The maximum atomic E-state index is 9.34. The van der Waals surface area contributed by atoms with Gasteiger partial charge in [0.05, 0.1) is 11.5 Å². The molecule has 0 N–H and O–H groups in total. The van der Waals surface area contributed by atoms with Crippen LogP contribution in [0.5, 0.6) is 0 Å². The van der Waals surface area contributed by atoms with Crippen LogP contribution in [0.4, 0.5) is 5.69 Å². The molecule has 2 nitrogen and oxygen atoms in total. The first-order valence-electron chi connectivity index (χ1n) is 6.57. The lowest BCUT2D eigenvalue weighted by molar-refractivity contribution is 0.219. The summed E-state index contributed by atoms with van der Waals surface area (Å²) in [5, 5.41) is 9.34. The van der Waals surface area contributed by atoms with Crippen molar-refractivity contribution in [3.63, 3.8) is 0 Å². The third-order valence-corrected chi connectivity index (χ3v) is 4.25. The van der Waals surface area contributed by atoms with Gasteiger partial charge in [0.15, 0.2) is 0 Å². The van der Waals surface area contributed by atoms with Crippen molar-refractivity contribution in [1.29, 1.82) is 5.26 Å². The topological polar surface area (TPSA) is 27.0 Å². The number of aryl methyl sites for hydroxylation is 1. The SMILES string of the molecule is N#CC1(CN2CCCc3ccccc32)CCC1. The summed E-state index contributed by atoms with van der Waals surface area (Å²) in [6, 6.07) is 11.2. The molecule has 1 saturated carbocycles. The number of rotatable bonds is 2. The van der Waals surface area contributed by atoms with Crippen molar-refractivity contribution in [2.45, 2.75) is 32.1 Å². The summed E-state index contributed by atoms with van der Waals surface area (Å²) in [4.78, 5) is 2.43. The molecule has 1 heterocycles. The van der Waals surface area contributed by atoms with Crippen LogP contribution in [0, 0.1) is 16.7 Å². The van der Waals surface area contributed by atoms with Crippen molar-refractivity contribution in [3.8, 4) is 6.07 Å². The van der Waals surface area contributed by atoms with Crippen molar-refractivity contribution in [2.24, 2.45) is 5.41 Å². The summed E-state index contributed by atoms with van der Waals surface area (Å²) in [5.41, 5.74) is 2.76. The molecule has 0 aromatic heterocycles. The van der Waals surface area contributed by atoms with Crippen LogP contribution < -0.4 is 4.90 Å². The largest absolute Gasteiger partial charge is 0.370 e. The minimum atomic E-state index is -0.0511. The van der Waals surface area contributed by atoms with Gasteiger partial charge in [0.2, 0.25) is 0 Å². The van der Waals surface area contributed by atoms with E-state index < -0.39 is 0 Å². The standard InChI is InChI=1S/C15H18N2/c16-11-15(8-4-9-15)12-17-10-3-6-13-5-1-2-7-14(13)17/h1-2,5,7H,3-4,6,8-10,12H2. The molecule has 3 rings (SSSR count). The Hall–Kier alpha value is -1.49. The second kappa shape index (κ2) is 4.07. The van der Waals surface area contributed by atoms with Gasteiger partial charge in [-0.1, -0.05) is 24.6 Å². The van der Waals surface area contributed by atoms with E-state index in [1.807, 2.05) is 0 Å². The summed E-state index contributed by atoms with van der Waals surface area (Å²) in [5.74, 6) is 0.